The first-order valence-corrected chi connectivity index (χ1v) is 9.83. The topological polar surface area (TPSA) is 54.0 Å². The molecule has 1 fully saturated rings. The molecule has 138 valence electrons. The van der Waals surface area contributed by atoms with Crippen LogP contribution in [-0.4, -0.2) is 30.5 Å². The van der Waals surface area contributed by atoms with E-state index in [1.54, 1.807) is 11.3 Å². The Kier molecular flexibility index (Phi) is 7.94. The van der Waals surface area contributed by atoms with Crippen LogP contribution in [0, 0.1) is 11.8 Å². The average molecular weight is 402 g/mol. The van der Waals surface area contributed by atoms with Gasteiger partial charge in [0.2, 0.25) is 5.91 Å². The highest BCUT2D eigenvalue weighted by Gasteiger charge is 2.21. The number of piperidine rings is 1. The lowest BCUT2D eigenvalue weighted by atomic mass is 9.84. The van der Waals surface area contributed by atoms with Gasteiger partial charge in [-0.1, -0.05) is 18.5 Å². The molecule has 0 saturated carbocycles. The Labute approximate surface area is 164 Å². The fraction of sp³-hybridized carbons (Fsp3) is 0.556. The number of benzene rings is 1. The van der Waals surface area contributed by atoms with Gasteiger partial charge >= 0.3 is 0 Å². The first-order valence-electron chi connectivity index (χ1n) is 8.64. The van der Waals surface area contributed by atoms with E-state index >= 15 is 0 Å². The van der Waals surface area contributed by atoms with Gasteiger partial charge in [0.25, 0.3) is 0 Å². The summed E-state index contributed by atoms with van der Waals surface area (Å²) < 4.78 is 1.14. The molecule has 0 spiro atoms. The van der Waals surface area contributed by atoms with Crippen molar-refractivity contribution < 1.29 is 4.79 Å². The summed E-state index contributed by atoms with van der Waals surface area (Å²) >= 11 is 7.66. The van der Waals surface area contributed by atoms with E-state index in [0.29, 0.717) is 29.8 Å². The van der Waals surface area contributed by atoms with Gasteiger partial charge in [0, 0.05) is 24.4 Å². The zero-order chi connectivity index (χ0) is 16.9. The first-order chi connectivity index (χ1) is 11.6. The normalized spacial score (nSPS) is 16.4. The van der Waals surface area contributed by atoms with Crippen molar-refractivity contribution in [3.05, 3.63) is 28.2 Å². The van der Waals surface area contributed by atoms with Crippen LogP contribution in [0.1, 0.15) is 31.2 Å². The second-order valence-corrected chi connectivity index (χ2v) is 8.14. The number of hydrogen-bond donors (Lipinski definition) is 2. The van der Waals surface area contributed by atoms with E-state index in [9.17, 15) is 4.79 Å². The summed E-state index contributed by atoms with van der Waals surface area (Å²) in [4.78, 5) is 16.7. The third-order valence-corrected chi connectivity index (χ3v) is 6.08. The minimum Gasteiger partial charge on any atom is -0.356 e. The molecule has 3 rings (SSSR count). The van der Waals surface area contributed by atoms with Crippen LogP contribution in [-0.2, 0) is 11.2 Å². The summed E-state index contributed by atoms with van der Waals surface area (Å²) in [5.74, 6) is 1.29. The number of carbonyl (C=O) groups is 1. The van der Waals surface area contributed by atoms with Gasteiger partial charge in [-0.15, -0.1) is 23.7 Å². The molecule has 1 amide bonds. The zero-order valence-electron chi connectivity index (χ0n) is 14.4. The van der Waals surface area contributed by atoms with Crippen molar-refractivity contribution >= 4 is 51.5 Å². The number of fused-ring (bicyclic) bond motifs is 1. The molecule has 1 aromatic heterocycles. The van der Waals surface area contributed by atoms with Crippen LogP contribution in [0.3, 0.4) is 0 Å². The van der Waals surface area contributed by atoms with E-state index in [1.165, 1.54) is 12.8 Å². The molecule has 7 heteroatoms. The highest BCUT2D eigenvalue weighted by molar-refractivity contribution is 7.18. The molecule has 2 aromatic rings. The number of nitrogens with one attached hydrogen (secondary N) is 2. The smallest absolute Gasteiger partial charge is 0.220 e. The Bertz CT molecular complexity index is 701. The molecule has 1 unspecified atom stereocenters. The summed E-state index contributed by atoms with van der Waals surface area (Å²) in [6.45, 7) is 5.01. The molecule has 0 bridgehead atoms. The Morgan fingerprint density at radius 2 is 2.20 bits per heavy atom. The second-order valence-electron chi connectivity index (χ2n) is 6.59. The van der Waals surface area contributed by atoms with E-state index in [1.807, 2.05) is 18.2 Å². The van der Waals surface area contributed by atoms with Crippen molar-refractivity contribution in [3.63, 3.8) is 0 Å². The minimum atomic E-state index is 0. The third-order valence-electron chi connectivity index (χ3n) is 4.75. The Morgan fingerprint density at radius 3 is 2.96 bits per heavy atom. The van der Waals surface area contributed by atoms with Crippen molar-refractivity contribution in [1.82, 2.24) is 15.6 Å². The predicted octanol–water partition coefficient (Wildman–Crippen LogP) is 4.06. The molecule has 1 saturated heterocycles. The van der Waals surface area contributed by atoms with Crippen LogP contribution in [0.2, 0.25) is 5.02 Å². The molecule has 1 atom stereocenters. The van der Waals surface area contributed by atoms with Crippen LogP contribution >= 0.6 is 35.3 Å². The van der Waals surface area contributed by atoms with Gasteiger partial charge in [-0.25, -0.2) is 4.98 Å². The largest absolute Gasteiger partial charge is 0.356 e. The second kappa shape index (κ2) is 9.72. The molecule has 4 nitrogen and oxygen atoms in total. The number of hydrogen-bond acceptors (Lipinski definition) is 4. The predicted molar refractivity (Wildman–Crippen MR) is 108 cm³/mol. The summed E-state index contributed by atoms with van der Waals surface area (Å²) in [5.41, 5.74) is 0.938. The molecule has 2 heterocycles. The monoisotopic (exact) mass is 401 g/mol. The SMILES string of the molecule is CC(CC(=O)NCCc1nc2cc(Cl)ccc2s1)C1CCNCC1.Cl. The fourth-order valence-corrected chi connectivity index (χ4v) is 4.42. The Hall–Kier alpha value is -0.880. The van der Waals surface area contributed by atoms with Gasteiger partial charge in [0.15, 0.2) is 0 Å². The van der Waals surface area contributed by atoms with Gasteiger partial charge < -0.3 is 10.6 Å². The molecule has 0 aliphatic carbocycles. The van der Waals surface area contributed by atoms with E-state index in [4.69, 9.17) is 11.6 Å². The molecule has 0 radical (unpaired) electrons. The lowest BCUT2D eigenvalue weighted by molar-refractivity contribution is -0.122. The summed E-state index contributed by atoms with van der Waals surface area (Å²) in [5, 5.41) is 8.17. The third kappa shape index (κ3) is 5.81. The minimum absolute atomic E-state index is 0. The summed E-state index contributed by atoms with van der Waals surface area (Å²) in [7, 11) is 0. The maximum absolute atomic E-state index is 12.1. The van der Waals surface area contributed by atoms with Crippen LogP contribution < -0.4 is 10.6 Å². The van der Waals surface area contributed by atoms with Gasteiger partial charge in [0.1, 0.15) is 0 Å². The number of rotatable bonds is 6. The number of carbonyl (C=O) groups excluding carboxylic acids is 1. The van der Waals surface area contributed by atoms with E-state index in [-0.39, 0.29) is 18.3 Å². The number of thiazole rings is 1. The molecule has 1 aliphatic heterocycles. The maximum Gasteiger partial charge on any atom is 0.220 e. The van der Waals surface area contributed by atoms with Crippen molar-refractivity contribution in [3.8, 4) is 0 Å². The number of amides is 1. The van der Waals surface area contributed by atoms with Gasteiger partial charge in [-0.2, -0.15) is 0 Å². The Balaban J connectivity index is 0.00000225. The molecule has 25 heavy (non-hydrogen) atoms. The van der Waals surface area contributed by atoms with Crippen LogP contribution in [0.4, 0.5) is 0 Å². The van der Waals surface area contributed by atoms with Gasteiger partial charge in [0.05, 0.1) is 15.2 Å². The molecule has 1 aliphatic rings. The van der Waals surface area contributed by atoms with Crippen molar-refractivity contribution in [2.45, 2.75) is 32.6 Å². The standard InChI is InChI=1S/C18H24ClN3OS.ClH/c1-12(13-4-7-20-8-5-13)10-17(23)21-9-6-18-22-15-11-14(19)2-3-16(15)24-18;/h2-3,11-13,20H,4-10H2,1H3,(H,21,23);1H. The van der Waals surface area contributed by atoms with Crippen molar-refractivity contribution in [2.24, 2.45) is 11.8 Å². The quantitative estimate of drug-likeness (QED) is 0.766. The van der Waals surface area contributed by atoms with Gasteiger partial charge in [-0.05, 0) is 56.0 Å². The Morgan fingerprint density at radius 1 is 1.44 bits per heavy atom. The van der Waals surface area contributed by atoms with Crippen LogP contribution in [0.25, 0.3) is 10.2 Å². The first kappa shape index (κ1) is 20.4. The maximum atomic E-state index is 12.1. The van der Waals surface area contributed by atoms with Crippen molar-refractivity contribution in [1.29, 1.82) is 0 Å². The van der Waals surface area contributed by atoms with E-state index in [2.05, 4.69) is 22.5 Å². The summed E-state index contributed by atoms with van der Waals surface area (Å²) in [6.07, 6.45) is 3.76. The number of halogens is 2. The van der Waals surface area contributed by atoms with Gasteiger partial charge in [-0.3, -0.25) is 4.79 Å². The number of nitrogens with zero attached hydrogens (tertiary/aromatic N) is 1. The van der Waals surface area contributed by atoms with E-state index < -0.39 is 0 Å². The average Bonchev–Trinajstić information content (AvgIpc) is 2.97. The molecule has 1 aromatic carbocycles. The molecular weight excluding hydrogens is 377 g/mol. The fourth-order valence-electron chi connectivity index (χ4n) is 3.31. The molecule has 2 N–H and O–H groups in total. The summed E-state index contributed by atoms with van der Waals surface area (Å²) in [6, 6.07) is 5.77. The van der Waals surface area contributed by atoms with Crippen LogP contribution in [0.15, 0.2) is 18.2 Å². The van der Waals surface area contributed by atoms with E-state index in [0.717, 1.165) is 34.7 Å². The molecular formula is C18H25Cl2N3OS. The lowest BCUT2D eigenvalue weighted by Gasteiger charge is -2.27. The number of aromatic nitrogens is 1. The van der Waals surface area contributed by atoms with Crippen molar-refractivity contribution in [2.75, 3.05) is 19.6 Å². The highest BCUT2D eigenvalue weighted by Crippen LogP contribution is 2.25. The highest BCUT2D eigenvalue weighted by atomic mass is 35.5. The zero-order valence-corrected chi connectivity index (χ0v) is 16.8. The van der Waals surface area contributed by atoms with Crippen LogP contribution in [0.5, 0.6) is 0 Å². The lowest BCUT2D eigenvalue weighted by Crippen LogP contribution is -2.34.